The Kier molecular flexibility index (Phi) is 3.22. The minimum Gasteiger partial charge on any atom is -0.399 e. The highest BCUT2D eigenvalue weighted by molar-refractivity contribution is 8.01. The zero-order chi connectivity index (χ0) is 11.7. The molecule has 2 aromatic rings. The molecule has 0 amide bonds. The van der Waals surface area contributed by atoms with Crippen molar-refractivity contribution in [3.8, 4) is 0 Å². The number of thioether (sulfide) groups is 1. The maximum Gasteiger partial charge on any atom is 0.151 e. The highest BCUT2D eigenvalue weighted by Gasteiger charge is 2.16. The van der Waals surface area contributed by atoms with Gasteiger partial charge in [-0.05, 0) is 30.5 Å². The Labute approximate surface area is 108 Å². The first kappa shape index (κ1) is 11.3. The van der Waals surface area contributed by atoms with Crippen molar-refractivity contribution in [1.82, 2.24) is 4.98 Å². The summed E-state index contributed by atoms with van der Waals surface area (Å²) in [5, 5.41) is 0. The summed E-state index contributed by atoms with van der Waals surface area (Å²) in [4.78, 5) is 4.60. The third kappa shape index (κ3) is 2.56. The van der Waals surface area contributed by atoms with Gasteiger partial charge in [0.25, 0.3) is 0 Å². The molecule has 0 radical (unpaired) electrons. The SMILES string of the molecule is Nc1ccc2nc(SCC3CCOC3)sc2c1. The first-order valence-electron chi connectivity index (χ1n) is 5.68. The lowest BCUT2D eigenvalue weighted by Gasteiger charge is -2.03. The van der Waals surface area contributed by atoms with Gasteiger partial charge in [-0.2, -0.15) is 0 Å². The summed E-state index contributed by atoms with van der Waals surface area (Å²) in [5.41, 5.74) is 7.62. The predicted octanol–water partition coefficient (Wildman–Crippen LogP) is 3.01. The van der Waals surface area contributed by atoms with Crippen molar-refractivity contribution in [2.75, 3.05) is 24.7 Å². The Morgan fingerprint density at radius 3 is 3.29 bits per heavy atom. The number of nitrogens with two attached hydrogens (primary N) is 1. The molecule has 1 aromatic carbocycles. The first-order chi connectivity index (χ1) is 8.31. The fourth-order valence-electron chi connectivity index (χ4n) is 1.89. The van der Waals surface area contributed by atoms with E-state index in [0.717, 1.165) is 34.5 Å². The van der Waals surface area contributed by atoms with Crippen LogP contribution < -0.4 is 5.73 Å². The molecule has 0 bridgehead atoms. The summed E-state index contributed by atoms with van der Waals surface area (Å²) in [5.74, 6) is 1.80. The largest absolute Gasteiger partial charge is 0.399 e. The molecule has 1 atom stereocenters. The zero-order valence-corrected chi connectivity index (χ0v) is 11.0. The number of anilines is 1. The molecule has 0 saturated carbocycles. The maximum atomic E-state index is 5.76. The number of benzene rings is 1. The second-order valence-electron chi connectivity index (χ2n) is 4.25. The second-order valence-corrected chi connectivity index (χ2v) is 6.55. The van der Waals surface area contributed by atoms with Gasteiger partial charge in [0.05, 0.1) is 16.8 Å². The van der Waals surface area contributed by atoms with E-state index in [-0.39, 0.29) is 0 Å². The molecule has 2 N–H and O–H groups in total. The summed E-state index contributed by atoms with van der Waals surface area (Å²) in [6.45, 7) is 1.83. The minimum atomic E-state index is 0.692. The lowest BCUT2D eigenvalue weighted by Crippen LogP contribution is -2.01. The van der Waals surface area contributed by atoms with E-state index < -0.39 is 0 Å². The van der Waals surface area contributed by atoms with Crippen LogP contribution in [0.4, 0.5) is 5.69 Å². The fraction of sp³-hybridized carbons (Fsp3) is 0.417. The van der Waals surface area contributed by atoms with Gasteiger partial charge in [0.1, 0.15) is 0 Å². The van der Waals surface area contributed by atoms with Gasteiger partial charge in [0.2, 0.25) is 0 Å². The molecular formula is C12H14N2OS2. The van der Waals surface area contributed by atoms with Crippen LogP contribution in [0.2, 0.25) is 0 Å². The van der Waals surface area contributed by atoms with Crippen LogP contribution in [-0.4, -0.2) is 24.0 Å². The molecule has 1 aliphatic rings. The smallest absolute Gasteiger partial charge is 0.151 e. The van der Waals surface area contributed by atoms with Gasteiger partial charge in [0.15, 0.2) is 4.34 Å². The van der Waals surface area contributed by atoms with E-state index in [1.165, 1.54) is 11.1 Å². The summed E-state index contributed by atoms with van der Waals surface area (Å²) in [6, 6.07) is 5.89. The van der Waals surface area contributed by atoms with E-state index >= 15 is 0 Å². The standard InChI is InChI=1S/C12H14N2OS2/c13-9-1-2-10-11(5-9)17-12(14-10)16-7-8-3-4-15-6-8/h1-2,5,8H,3-4,6-7,13H2. The van der Waals surface area contributed by atoms with Crippen LogP contribution in [0.5, 0.6) is 0 Å². The van der Waals surface area contributed by atoms with E-state index in [1.54, 1.807) is 11.3 Å². The number of thiazole rings is 1. The van der Waals surface area contributed by atoms with Crippen molar-refractivity contribution < 1.29 is 4.74 Å². The molecule has 1 fully saturated rings. The van der Waals surface area contributed by atoms with Gasteiger partial charge >= 0.3 is 0 Å². The molecule has 5 heteroatoms. The number of nitrogen functional groups attached to an aromatic ring is 1. The van der Waals surface area contributed by atoms with Crippen molar-refractivity contribution in [2.24, 2.45) is 5.92 Å². The summed E-state index contributed by atoms with van der Waals surface area (Å²) < 4.78 is 7.69. The van der Waals surface area contributed by atoms with Gasteiger partial charge in [-0.25, -0.2) is 4.98 Å². The third-order valence-electron chi connectivity index (χ3n) is 2.86. The first-order valence-corrected chi connectivity index (χ1v) is 7.48. The molecule has 2 heterocycles. The monoisotopic (exact) mass is 266 g/mol. The summed E-state index contributed by atoms with van der Waals surface area (Å²) in [7, 11) is 0. The molecular weight excluding hydrogens is 252 g/mol. The van der Waals surface area contributed by atoms with Crippen molar-refractivity contribution >= 4 is 39.0 Å². The highest BCUT2D eigenvalue weighted by Crippen LogP contribution is 2.32. The van der Waals surface area contributed by atoms with Crippen LogP contribution in [0, 0.1) is 5.92 Å². The lowest BCUT2D eigenvalue weighted by molar-refractivity contribution is 0.189. The van der Waals surface area contributed by atoms with Crippen molar-refractivity contribution in [3.63, 3.8) is 0 Å². The maximum absolute atomic E-state index is 5.76. The van der Waals surface area contributed by atoms with Crippen LogP contribution in [0.3, 0.4) is 0 Å². The molecule has 1 saturated heterocycles. The predicted molar refractivity (Wildman–Crippen MR) is 73.7 cm³/mol. The Morgan fingerprint density at radius 2 is 2.47 bits per heavy atom. The average Bonchev–Trinajstić information content (AvgIpc) is 2.94. The Balaban J connectivity index is 1.72. The van der Waals surface area contributed by atoms with Gasteiger partial charge in [0, 0.05) is 18.0 Å². The van der Waals surface area contributed by atoms with Crippen molar-refractivity contribution in [3.05, 3.63) is 18.2 Å². The average molecular weight is 266 g/mol. The van der Waals surface area contributed by atoms with Crippen molar-refractivity contribution in [1.29, 1.82) is 0 Å². The van der Waals surface area contributed by atoms with Crippen LogP contribution in [0.25, 0.3) is 10.2 Å². The van der Waals surface area contributed by atoms with Gasteiger partial charge < -0.3 is 10.5 Å². The number of hydrogen-bond acceptors (Lipinski definition) is 5. The van der Waals surface area contributed by atoms with Gasteiger partial charge in [-0.1, -0.05) is 11.8 Å². The van der Waals surface area contributed by atoms with Crippen LogP contribution in [0.15, 0.2) is 22.5 Å². The molecule has 0 aliphatic carbocycles. The summed E-state index contributed by atoms with van der Waals surface area (Å²) in [6.07, 6.45) is 1.19. The van der Waals surface area contributed by atoms with Crippen LogP contribution in [0.1, 0.15) is 6.42 Å². The Hall–Kier alpha value is -0.780. The van der Waals surface area contributed by atoms with Gasteiger partial charge in [-0.3, -0.25) is 0 Å². The van der Waals surface area contributed by atoms with E-state index in [0.29, 0.717) is 5.92 Å². The van der Waals surface area contributed by atoms with Crippen LogP contribution >= 0.6 is 23.1 Å². The van der Waals surface area contributed by atoms with Gasteiger partial charge in [-0.15, -0.1) is 11.3 Å². The van der Waals surface area contributed by atoms with E-state index in [1.807, 2.05) is 30.0 Å². The summed E-state index contributed by atoms with van der Waals surface area (Å²) >= 11 is 3.56. The number of ether oxygens (including phenoxy) is 1. The molecule has 3 nitrogen and oxygen atoms in total. The van der Waals surface area contributed by atoms with Crippen molar-refractivity contribution in [2.45, 2.75) is 10.8 Å². The molecule has 3 rings (SSSR count). The number of nitrogens with zero attached hydrogens (tertiary/aromatic N) is 1. The zero-order valence-electron chi connectivity index (χ0n) is 9.39. The van der Waals surface area contributed by atoms with E-state index in [9.17, 15) is 0 Å². The van der Waals surface area contributed by atoms with E-state index in [2.05, 4.69) is 4.98 Å². The number of aromatic nitrogens is 1. The lowest BCUT2D eigenvalue weighted by atomic mass is 10.2. The van der Waals surface area contributed by atoms with E-state index in [4.69, 9.17) is 10.5 Å². The number of rotatable bonds is 3. The Morgan fingerprint density at radius 1 is 1.53 bits per heavy atom. The third-order valence-corrected chi connectivity index (χ3v) is 5.25. The normalized spacial score (nSPS) is 20.1. The second kappa shape index (κ2) is 4.84. The topological polar surface area (TPSA) is 48.1 Å². The molecule has 1 aromatic heterocycles. The Bertz CT molecular complexity index is 520. The molecule has 0 spiro atoms. The van der Waals surface area contributed by atoms with Crippen LogP contribution in [-0.2, 0) is 4.74 Å². The quantitative estimate of drug-likeness (QED) is 0.685. The molecule has 90 valence electrons. The fourth-order valence-corrected chi connectivity index (χ4v) is 4.14. The highest BCUT2D eigenvalue weighted by atomic mass is 32.2. The minimum absolute atomic E-state index is 0.692. The number of fused-ring (bicyclic) bond motifs is 1. The molecule has 17 heavy (non-hydrogen) atoms. The molecule has 1 aliphatic heterocycles. The number of hydrogen-bond donors (Lipinski definition) is 1. The molecule has 1 unspecified atom stereocenters.